The lowest BCUT2D eigenvalue weighted by Crippen LogP contribution is -2.51. The van der Waals surface area contributed by atoms with Gasteiger partial charge in [-0.05, 0) is 39.2 Å². The average Bonchev–Trinajstić information content (AvgIpc) is 3.06. The van der Waals surface area contributed by atoms with Gasteiger partial charge in [-0.2, -0.15) is 0 Å². The second kappa shape index (κ2) is 9.30. The minimum absolute atomic E-state index is 0. The van der Waals surface area contributed by atoms with Crippen LogP contribution < -0.4 is 11.1 Å². The number of ether oxygens (including phenoxy) is 1. The van der Waals surface area contributed by atoms with Gasteiger partial charge in [0.1, 0.15) is 11.9 Å². The zero-order valence-electron chi connectivity index (χ0n) is 16.3. The van der Waals surface area contributed by atoms with Crippen LogP contribution in [-0.2, 0) is 22.6 Å². The number of amides is 1. The summed E-state index contributed by atoms with van der Waals surface area (Å²) in [7, 11) is 0. The molecule has 154 valence electrons. The third-order valence-corrected chi connectivity index (χ3v) is 4.85. The van der Waals surface area contributed by atoms with Crippen molar-refractivity contribution in [3.63, 3.8) is 0 Å². The Bertz CT molecular complexity index is 767. The summed E-state index contributed by atoms with van der Waals surface area (Å²) in [4.78, 5) is 12.5. The molecular formula is C21H33N5O2. The molecule has 3 N–H and O–H groups in total. The summed E-state index contributed by atoms with van der Waals surface area (Å²) in [5, 5.41) is 11.7. The Morgan fingerprint density at radius 1 is 1.36 bits per heavy atom. The first-order valence-electron chi connectivity index (χ1n) is 9.51. The van der Waals surface area contributed by atoms with E-state index in [2.05, 4.69) is 27.0 Å². The topological polar surface area (TPSA) is 95.1 Å². The van der Waals surface area contributed by atoms with Gasteiger partial charge in [0.05, 0.1) is 18.8 Å². The van der Waals surface area contributed by atoms with Crippen LogP contribution in [0.2, 0.25) is 0 Å². The Morgan fingerprint density at radius 3 is 2.75 bits per heavy atom. The minimum atomic E-state index is -0.978. The largest absolute Gasteiger partial charge is 0.374 e. The van der Waals surface area contributed by atoms with E-state index in [9.17, 15) is 4.79 Å². The normalized spacial score (nSPS) is 17.4. The fourth-order valence-corrected chi connectivity index (χ4v) is 3.30. The number of benzene rings is 1. The molecule has 1 aromatic carbocycles. The third-order valence-electron chi connectivity index (χ3n) is 4.85. The number of nitrogens with two attached hydrogens (primary N) is 1. The van der Waals surface area contributed by atoms with Crippen molar-refractivity contribution in [1.82, 2.24) is 20.1 Å². The van der Waals surface area contributed by atoms with Crippen LogP contribution >= 0.6 is 0 Å². The molecule has 7 heteroatoms. The van der Waals surface area contributed by atoms with E-state index < -0.39 is 11.6 Å². The molecule has 28 heavy (non-hydrogen) atoms. The lowest BCUT2D eigenvalue weighted by atomic mass is 10.0. The zero-order chi connectivity index (χ0) is 19.4. The van der Waals surface area contributed by atoms with E-state index >= 15 is 0 Å². The van der Waals surface area contributed by atoms with Crippen LogP contribution in [0.3, 0.4) is 0 Å². The molecule has 0 saturated heterocycles. The van der Waals surface area contributed by atoms with E-state index in [1.54, 1.807) is 13.8 Å². The quantitative estimate of drug-likeness (QED) is 0.762. The van der Waals surface area contributed by atoms with Crippen molar-refractivity contribution < 1.29 is 9.53 Å². The maximum atomic E-state index is 12.5. The fraction of sp³-hybridized carbons (Fsp3) is 0.571. The Morgan fingerprint density at radius 2 is 2.07 bits per heavy atom. The molecule has 0 fully saturated rings. The predicted octanol–water partition coefficient (Wildman–Crippen LogP) is 2.92. The first-order chi connectivity index (χ1) is 12.9. The van der Waals surface area contributed by atoms with Gasteiger partial charge >= 0.3 is 0 Å². The Hall–Kier alpha value is -2.25. The van der Waals surface area contributed by atoms with E-state index in [-0.39, 0.29) is 13.3 Å². The van der Waals surface area contributed by atoms with Crippen LogP contribution in [0, 0.1) is 0 Å². The monoisotopic (exact) mass is 387 g/mol. The molecule has 1 aromatic heterocycles. The summed E-state index contributed by atoms with van der Waals surface area (Å²) in [5.74, 6) is 1.47. The van der Waals surface area contributed by atoms with E-state index in [1.165, 1.54) is 0 Å². The van der Waals surface area contributed by atoms with Crippen LogP contribution in [0.1, 0.15) is 70.3 Å². The number of rotatable bonds is 7. The summed E-state index contributed by atoms with van der Waals surface area (Å²) in [6.07, 6.45) is 3.09. The van der Waals surface area contributed by atoms with Crippen LogP contribution in [-0.4, -0.2) is 32.8 Å². The van der Waals surface area contributed by atoms with Crippen molar-refractivity contribution in [2.45, 2.75) is 71.7 Å². The first-order valence-corrected chi connectivity index (χ1v) is 9.51. The van der Waals surface area contributed by atoms with Gasteiger partial charge in [0.15, 0.2) is 5.82 Å². The highest BCUT2D eigenvalue weighted by Gasteiger charge is 2.31. The van der Waals surface area contributed by atoms with Gasteiger partial charge < -0.3 is 20.4 Å². The van der Waals surface area contributed by atoms with Gasteiger partial charge in [0, 0.05) is 12.5 Å². The lowest BCUT2D eigenvalue weighted by Gasteiger charge is -2.28. The van der Waals surface area contributed by atoms with Gasteiger partial charge in [-0.3, -0.25) is 4.79 Å². The van der Waals surface area contributed by atoms with E-state index in [0.717, 1.165) is 36.5 Å². The maximum absolute atomic E-state index is 12.5. The van der Waals surface area contributed by atoms with Crippen molar-refractivity contribution in [2.75, 3.05) is 6.61 Å². The SMILES string of the molecule is C.CC1CCCc2nnc([C@@H](COCc3ccccc3)NC(=O)C(C)(C)N)n21. The molecule has 0 radical (unpaired) electrons. The summed E-state index contributed by atoms with van der Waals surface area (Å²) in [6, 6.07) is 9.86. The number of carbonyl (C=O) groups is 1. The van der Waals surface area contributed by atoms with E-state index in [0.29, 0.717) is 19.3 Å². The van der Waals surface area contributed by atoms with Crippen molar-refractivity contribution in [1.29, 1.82) is 0 Å². The smallest absolute Gasteiger partial charge is 0.240 e. The molecule has 2 atom stereocenters. The van der Waals surface area contributed by atoms with Crippen molar-refractivity contribution >= 4 is 5.91 Å². The number of nitrogens with one attached hydrogen (secondary N) is 1. The summed E-state index contributed by atoms with van der Waals surface area (Å²) in [6.45, 7) is 6.31. The van der Waals surface area contributed by atoms with Gasteiger partial charge in [-0.1, -0.05) is 37.8 Å². The van der Waals surface area contributed by atoms with Gasteiger partial charge in [-0.15, -0.1) is 10.2 Å². The van der Waals surface area contributed by atoms with Crippen molar-refractivity contribution in [2.24, 2.45) is 5.73 Å². The number of fused-ring (bicyclic) bond motifs is 1. The summed E-state index contributed by atoms with van der Waals surface area (Å²) < 4.78 is 8.05. The summed E-state index contributed by atoms with van der Waals surface area (Å²) in [5.41, 5.74) is 6.07. The number of aryl methyl sites for hydroxylation is 1. The second-order valence-electron chi connectivity index (χ2n) is 7.83. The van der Waals surface area contributed by atoms with Crippen LogP contribution in [0.5, 0.6) is 0 Å². The molecule has 2 aromatic rings. The molecule has 1 unspecified atom stereocenters. The van der Waals surface area contributed by atoms with Crippen LogP contribution in [0.25, 0.3) is 0 Å². The highest BCUT2D eigenvalue weighted by Crippen LogP contribution is 2.27. The van der Waals surface area contributed by atoms with Gasteiger partial charge in [-0.25, -0.2) is 0 Å². The zero-order valence-corrected chi connectivity index (χ0v) is 16.3. The number of carbonyl (C=O) groups excluding carboxylic acids is 1. The molecule has 1 aliphatic heterocycles. The number of hydrogen-bond donors (Lipinski definition) is 2. The molecule has 0 aliphatic carbocycles. The third kappa shape index (κ3) is 5.17. The Balaban J connectivity index is 0.00000280. The fourth-order valence-electron chi connectivity index (χ4n) is 3.30. The molecule has 7 nitrogen and oxygen atoms in total. The Kier molecular flexibility index (Phi) is 7.32. The van der Waals surface area contributed by atoms with Gasteiger partial charge in [0.25, 0.3) is 0 Å². The number of hydrogen-bond acceptors (Lipinski definition) is 5. The summed E-state index contributed by atoms with van der Waals surface area (Å²) >= 11 is 0. The molecule has 2 heterocycles. The molecular weight excluding hydrogens is 354 g/mol. The molecule has 3 rings (SSSR count). The van der Waals surface area contributed by atoms with E-state index in [4.69, 9.17) is 10.5 Å². The molecule has 1 amide bonds. The van der Waals surface area contributed by atoms with Crippen molar-refractivity contribution in [3.8, 4) is 0 Å². The Labute approximate surface area is 167 Å². The lowest BCUT2D eigenvalue weighted by molar-refractivity contribution is -0.126. The standard InChI is InChI=1S/C20H29N5O2.CH4/c1-14-8-7-11-17-23-24-18(25(14)17)16(22-19(26)20(2,3)21)13-27-12-15-9-5-4-6-10-15;/h4-6,9-10,14,16H,7-8,11-13,21H2,1-3H3,(H,22,26);1H4/t14?,16-;/m1./s1. The first kappa shape index (κ1) is 22.0. The minimum Gasteiger partial charge on any atom is -0.374 e. The van der Waals surface area contributed by atoms with Crippen molar-refractivity contribution in [3.05, 3.63) is 47.5 Å². The van der Waals surface area contributed by atoms with Crippen LogP contribution in [0.15, 0.2) is 30.3 Å². The molecule has 0 saturated carbocycles. The van der Waals surface area contributed by atoms with Crippen LogP contribution in [0.4, 0.5) is 0 Å². The average molecular weight is 388 g/mol. The molecule has 0 bridgehead atoms. The number of nitrogens with zero attached hydrogens (tertiary/aromatic N) is 3. The predicted molar refractivity (Wildman–Crippen MR) is 110 cm³/mol. The maximum Gasteiger partial charge on any atom is 0.240 e. The second-order valence-corrected chi connectivity index (χ2v) is 7.83. The highest BCUT2D eigenvalue weighted by molar-refractivity contribution is 5.85. The van der Waals surface area contributed by atoms with E-state index in [1.807, 2.05) is 30.3 Å². The number of aromatic nitrogens is 3. The molecule has 1 aliphatic rings. The highest BCUT2D eigenvalue weighted by atomic mass is 16.5. The van der Waals surface area contributed by atoms with Gasteiger partial charge in [0.2, 0.25) is 5.91 Å². The molecule has 0 spiro atoms.